The lowest BCUT2D eigenvalue weighted by molar-refractivity contribution is 0.644. The highest BCUT2D eigenvalue weighted by molar-refractivity contribution is 6.30. The normalized spacial score (nSPS) is 24.1. The average molecular weight is 242 g/mol. The molecular formula is C12H20ClN3. The van der Waals surface area contributed by atoms with Gasteiger partial charge in [0.2, 0.25) is 0 Å². The Bertz CT molecular complexity index is 384. The van der Waals surface area contributed by atoms with Gasteiger partial charge in [0, 0.05) is 25.2 Å². The van der Waals surface area contributed by atoms with Crippen LogP contribution in [0.3, 0.4) is 0 Å². The number of halogens is 1. The van der Waals surface area contributed by atoms with Crippen LogP contribution in [0.1, 0.15) is 44.4 Å². The number of rotatable bonds is 4. The Labute approximate surface area is 102 Å². The van der Waals surface area contributed by atoms with Crippen molar-refractivity contribution >= 4 is 11.6 Å². The van der Waals surface area contributed by atoms with Crippen LogP contribution in [0.4, 0.5) is 0 Å². The van der Waals surface area contributed by atoms with Gasteiger partial charge in [0.15, 0.2) is 0 Å². The molecule has 0 saturated heterocycles. The van der Waals surface area contributed by atoms with Gasteiger partial charge in [0.05, 0.1) is 5.69 Å². The van der Waals surface area contributed by atoms with Crippen molar-refractivity contribution in [3.05, 3.63) is 16.4 Å². The fraction of sp³-hybridized carbons (Fsp3) is 0.750. The van der Waals surface area contributed by atoms with E-state index < -0.39 is 0 Å². The monoisotopic (exact) mass is 241 g/mol. The van der Waals surface area contributed by atoms with E-state index in [1.807, 2.05) is 7.05 Å². The number of aromatic nitrogens is 2. The summed E-state index contributed by atoms with van der Waals surface area (Å²) in [5, 5.41) is 8.77. The zero-order chi connectivity index (χ0) is 11.9. The first-order valence-electron chi connectivity index (χ1n) is 5.95. The lowest BCUT2D eigenvalue weighted by Gasteiger charge is -2.07. The highest BCUT2D eigenvalue weighted by Crippen LogP contribution is 2.31. The Morgan fingerprint density at radius 1 is 1.56 bits per heavy atom. The van der Waals surface area contributed by atoms with Gasteiger partial charge in [0.25, 0.3) is 0 Å². The van der Waals surface area contributed by atoms with Crippen molar-refractivity contribution in [2.45, 2.75) is 45.7 Å². The van der Waals surface area contributed by atoms with Crippen molar-refractivity contribution in [3.63, 3.8) is 0 Å². The number of nitrogens with one attached hydrogen (secondary N) is 1. The Kier molecular flexibility index (Phi) is 3.27. The molecule has 3 nitrogen and oxygen atoms in total. The summed E-state index contributed by atoms with van der Waals surface area (Å²) in [6.45, 7) is 7.42. The van der Waals surface area contributed by atoms with Gasteiger partial charge in [-0.3, -0.25) is 4.68 Å². The average Bonchev–Trinajstić information content (AvgIpc) is 2.84. The van der Waals surface area contributed by atoms with Gasteiger partial charge in [-0.15, -0.1) is 0 Å². The van der Waals surface area contributed by atoms with Gasteiger partial charge in [-0.1, -0.05) is 32.4 Å². The van der Waals surface area contributed by atoms with E-state index in [9.17, 15) is 0 Å². The molecular weight excluding hydrogens is 222 g/mol. The third kappa shape index (κ3) is 2.25. The fourth-order valence-electron chi connectivity index (χ4n) is 2.03. The number of hydrogen-bond donors (Lipinski definition) is 1. The Morgan fingerprint density at radius 3 is 2.69 bits per heavy atom. The minimum atomic E-state index is 0.423. The molecule has 4 heteroatoms. The van der Waals surface area contributed by atoms with Gasteiger partial charge >= 0.3 is 0 Å². The van der Waals surface area contributed by atoms with Gasteiger partial charge in [-0.25, -0.2) is 0 Å². The van der Waals surface area contributed by atoms with Gasteiger partial charge in [-0.2, -0.15) is 5.10 Å². The maximum atomic E-state index is 6.26. The van der Waals surface area contributed by atoms with Gasteiger partial charge < -0.3 is 5.32 Å². The second-order valence-electron chi connectivity index (χ2n) is 5.13. The number of hydrogen-bond acceptors (Lipinski definition) is 2. The van der Waals surface area contributed by atoms with Crippen LogP contribution in [0.15, 0.2) is 0 Å². The van der Waals surface area contributed by atoms with Crippen molar-refractivity contribution < 1.29 is 0 Å². The van der Waals surface area contributed by atoms with Gasteiger partial charge in [-0.05, 0) is 18.3 Å². The molecule has 1 aromatic heterocycles. The molecule has 0 aliphatic heterocycles. The van der Waals surface area contributed by atoms with E-state index in [-0.39, 0.29) is 0 Å². The molecule has 2 rings (SSSR count). The molecule has 2 atom stereocenters. The van der Waals surface area contributed by atoms with E-state index in [0.717, 1.165) is 23.3 Å². The molecule has 1 aliphatic rings. The summed E-state index contributed by atoms with van der Waals surface area (Å²) in [6, 6.07) is 0.677. The summed E-state index contributed by atoms with van der Waals surface area (Å²) in [7, 11) is 1.90. The van der Waals surface area contributed by atoms with E-state index >= 15 is 0 Å². The molecule has 0 radical (unpaired) electrons. The van der Waals surface area contributed by atoms with E-state index in [1.165, 1.54) is 12.0 Å². The predicted molar refractivity (Wildman–Crippen MR) is 66.7 cm³/mol. The van der Waals surface area contributed by atoms with Crippen molar-refractivity contribution in [1.82, 2.24) is 15.1 Å². The minimum absolute atomic E-state index is 0.423. The Hall–Kier alpha value is -0.540. The summed E-state index contributed by atoms with van der Waals surface area (Å²) < 4.78 is 1.77. The van der Waals surface area contributed by atoms with Crippen LogP contribution in [-0.4, -0.2) is 15.8 Å². The van der Waals surface area contributed by atoms with Crippen molar-refractivity contribution in [3.8, 4) is 0 Å². The summed E-state index contributed by atoms with van der Waals surface area (Å²) in [6.07, 6.45) is 1.29. The van der Waals surface area contributed by atoms with Crippen molar-refractivity contribution in [1.29, 1.82) is 0 Å². The summed E-state index contributed by atoms with van der Waals surface area (Å²) in [5.41, 5.74) is 2.28. The first kappa shape index (κ1) is 11.9. The fourth-order valence-corrected chi connectivity index (χ4v) is 2.24. The van der Waals surface area contributed by atoms with Crippen LogP contribution in [0, 0.1) is 5.92 Å². The second kappa shape index (κ2) is 4.38. The highest BCUT2D eigenvalue weighted by Gasteiger charge is 2.32. The second-order valence-corrected chi connectivity index (χ2v) is 5.49. The molecule has 0 bridgehead atoms. The SMILES string of the molecule is CC(C)c1nn(C)c(Cl)c1CNC1CC1C. The van der Waals surface area contributed by atoms with Crippen LogP contribution in [0.5, 0.6) is 0 Å². The molecule has 1 fully saturated rings. The molecule has 1 N–H and O–H groups in total. The third-order valence-electron chi connectivity index (χ3n) is 3.30. The highest BCUT2D eigenvalue weighted by atomic mass is 35.5. The predicted octanol–water partition coefficient (Wildman–Crippen LogP) is 2.69. The minimum Gasteiger partial charge on any atom is -0.309 e. The van der Waals surface area contributed by atoms with Gasteiger partial charge in [0.1, 0.15) is 5.15 Å². The topological polar surface area (TPSA) is 29.9 Å². The van der Waals surface area contributed by atoms with E-state index in [0.29, 0.717) is 12.0 Å². The molecule has 0 aromatic carbocycles. The molecule has 0 spiro atoms. The number of nitrogens with zero attached hydrogens (tertiary/aromatic N) is 2. The van der Waals surface area contributed by atoms with E-state index in [4.69, 9.17) is 11.6 Å². The lowest BCUT2D eigenvalue weighted by Crippen LogP contribution is -2.18. The summed E-state index contributed by atoms with van der Waals surface area (Å²) in [4.78, 5) is 0. The van der Waals surface area contributed by atoms with Crippen LogP contribution in [0.2, 0.25) is 5.15 Å². The molecule has 1 saturated carbocycles. The van der Waals surface area contributed by atoms with Crippen molar-refractivity contribution in [2.24, 2.45) is 13.0 Å². The van der Waals surface area contributed by atoms with E-state index in [1.54, 1.807) is 4.68 Å². The molecule has 0 amide bonds. The zero-order valence-electron chi connectivity index (χ0n) is 10.4. The van der Waals surface area contributed by atoms with E-state index in [2.05, 4.69) is 31.2 Å². The number of aryl methyl sites for hydroxylation is 1. The van der Waals surface area contributed by atoms with Crippen LogP contribution < -0.4 is 5.32 Å². The molecule has 1 aromatic rings. The van der Waals surface area contributed by atoms with Crippen molar-refractivity contribution in [2.75, 3.05) is 0 Å². The standard InChI is InChI=1S/C12H20ClN3/c1-7(2)11-9(12(13)16(4)15-11)6-14-10-5-8(10)3/h7-8,10,14H,5-6H2,1-4H3. The smallest absolute Gasteiger partial charge is 0.131 e. The maximum absolute atomic E-state index is 6.26. The quantitative estimate of drug-likeness (QED) is 0.879. The zero-order valence-corrected chi connectivity index (χ0v) is 11.2. The molecule has 2 unspecified atom stereocenters. The first-order chi connectivity index (χ1) is 7.50. The van der Waals surface area contributed by atoms with Crippen LogP contribution >= 0.6 is 11.6 Å². The lowest BCUT2D eigenvalue weighted by atomic mass is 10.1. The molecule has 1 heterocycles. The maximum Gasteiger partial charge on any atom is 0.131 e. The molecule has 1 aliphatic carbocycles. The molecule has 16 heavy (non-hydrogen) atoms. The summed E-state index contributed by atoms with van der Waals surface area (Å²) in [5.74, 6) is 1.24. The molecule has 90 valence electrons. The van der Waals surface area contributed by atoms with Crippen LogP contribution in [-0.2, 0) is 13.6 Å². The van der Waals surface area contributed by atoms with Crippen LogP contribution in [0.25, 0.3) is 0 Å². The largest absolute Gasteiger partial charge is 0.309 e. The Balaban J connectivity index is 2.11. The Morgan fingerprint density at radius 2 is 2.19 bits per heavy atom. The third-order valence-corrected chi connectivity index (χ3v) is 3.77. The summed E-state index contributed by atoms with van der Waals surface area (Å²) >= 11 is 6.26. The first-order valence-corrected chi connectivity index (χ1v) is 6.33.